The van der Waals surface area contributed by atoms with Crippen LogP contribution in [0.1, 0.15) is 42.0 Å². The maximum atomic E-state index is 12.2. The summed E-state index contributed by atoms with van der Waals surface area (Å²) in [5, 5.41) is 2.87. The summed E-state index contributed by atoms with van der Waals surface area (Å²) in [5.74, 6) is -0.197. The number of carbonyl (C=O) groups is 1. The van der Waals surface area contributed by atoms with Crippen molar-refractivity contribution in [2.75, 3.05) is 0 Å². The second kappa shape index (κ2) is 5.44. The van der Waals surface area contributed by atoms with Crippen LogP contribution in [0.3, 0.4) is 0 Å². The van der Waals surface area contributed by atoms with Crippen LogP contribution in [-0.4, -0.2) is 21.4 Å². The molecule has 1 amide bonds. The van der Waals surface area contributed by atoms with Gasteiger partial charge in [0.05, 0.1) is 21.8 Å². The predicted octanol–water partition coefficient (Wildman–Crippen LogP) is 1.88. The minimum Gasteiger partial charge on any atom is -0.391 e. The Labute approximate surface area is 113 Å². The van der Waals surface area contributed by atoms with E-state index >= 15 is 0 Å². The van der Waals surface area contributed by atoms with E-state index in [2.05, 4.69) is 10.3 Å². The fraction of sp³-hybridized carbons (Fsp3) is 0.462. The van der Waals surface area contributed by atoms with Crippen LogP contribution in [0.25, 0.3) is 0 Å². The summed E-state index contributed by atoms with van der Waals surface area (Å²) in [6.07, 6.45) is 0.645. The zero-order valence-electron chi connectivity index (χ0n) is 11.2. The Bertz CT molecular complexity index is 487. The van der Waals surface area contributed by atoms with Crippen LogP contribution in [-0.2, 0) is 0 Å². The van der Waals surface area contributed by atoms with Gasteiger partial charge in [-0.05, 0) is 39.3 Å². The third-order valence-corrected chi connectivity index (χ3v) is 3.56. The van der Waals surface area contributed by atoms with Gasteiger partial charge in [-0.2, -0.15) is 0 Å². The van der Waals surface area contributed by atoms with E-state index in [1.54, 1.807) is 6.07 Å². The van der Waals surface area contributed by atoms with Crippen LogP contribution >= 0.6 is 12.2 Å². The van der Waals surface area contributed by atoms with E-state index in [0.717, 1.165) is 5.69 Å². The van der Waals surface area contributed by atoms with Crippen molar-refractivity contribution in [3.05, 3.63) is 29.1 Å². The Balaban J connectivity index is 2.98. The van der Waals surface area contributed by atoms with Crippen molar-refractivity contribution in [3.63, 3.8) is 0 Å². The molecule has 0 aliphatic heterocycles. The van der Waals surface area contributed by atoms with Crippen molar-refractivity contribution in [1.29, 1.82) is 0 Å². The van der Waals surface area contributed by atoms with Crippen molar-refractivity contribution in [1.82, 2.24) is 10.3 Å². The molecule has 0 saturated heterocycles. The van der Waals surface area contributed by atoms with E-state index in [4.69, 9.17) is 18.0 Å². The molecule has 18 heavy (non-hydrogen) atoms. The highest BCUT2D eigenvalue weighted by Gasteiger charge is 2.28. The van der Waals surface area contributed by atoms with Gasteiger partial charge in [-0.25, -0.2) is 0 Å². The fourth-order valence-electron chi connectivity index (χ4n) is 1.57. The SMILES string of the molecule is CCC(C)(NC(=O)c1ccc(C)nc1C)C(N)=S. The lowest BCUT2D eigenvalue weighted by Gasteiger charge is -2.28. The number of amides is 1. The molecule has 1 unspecified atom stereocenters. The van der Waals surface area contributed by atoms with Gasteiger partial charge in [-0.15, -0.1) is 0 Å². The number of pyridine rings is 1. The molecule has 1 heterocycles. The molecule has 0 spiro atoms. The molecule has 0 fully saturated rings. The topological polar surface area (TPSA) is 68.0 Å². The zero-order chi connectivity index (χ0) is 13.9. The van der Waals surface area contributed by atoms with Gasteiger partial charge in [0.1, 0.15) is 0 Å². The Morgan fingerprint density at radius 3 is 2.56 bits per heavy atom. The van der Waals surface area contributed by atoms with Crippen LogP contribution in [0.15, 0.2) is 12.1 Å². The number of hydrogen-bond acceptors (Lipinski definition) is 3. The molecule has 0 aliphatic carbocycles. The van der Waals surface area contributed by atoms with Gasteiger partial charge in [0.25, 0.3) is 5.91 Å². The summed E-state index contributed by atoms with van der Waals surface area (Å²) in [6, 6.07) is 3.58. The van der Waals surface area contributed by atoms with Gasteiger partial charge < -0.3 is 11.1 Å². The van der Waals surface area contributed by atoms with Gasteiger partial charge in [-0.1, -0.05) is 19.1 Å². The van der Waals surface area contributed by atoms with E-state index in [1.807, 2.05) is 33.8 Å². The standard InChI is InChI=1S/C13H19N3OS/c1-5-13(4,12(14)18)16-11(17)10-7-6-8(2)15-9(10)3/h6-7H,5H2,1-4H3,(H2,14,18)(H,16,17). The van der Waals surface area contributed by atoms with E-state index in [1.165, 1.54) is 0 Å². The van der Waals surface area contributed by atoms with Crippen LogP contribution in [0.5, 0.6) is 0 Å². The molecule has 0 aliphatic rings. The second-order valence-corrected chi connectivity index (χ2v) is 5.03. The number of carbonyl (C=O) groups excluding carboxylic acids is 1. The maximum Gasteiger partial charge on any atom is 0.253 e. The van der Waals surface area contributed by atoms with Crippen molar-refractivity contribution in [2.45, 2.75) is 39.7 Å². The third kappa shape index (κ3) is 3.04. The molecule has 1 atom stereocenters. The van der Waals surface area contributed by atoms with Crippen molar-refractivity contribution >= 4 is 23.1 Å². The quantitative estimate of drug-likeness (QED) is 0.816. The minimum absolute atomic E-state index is 0.197. The Kier molecular flexibility index (Phi) is 4.40. The van der Waals surface area contributed by atoms with Crippen LogP contribution < -0.4 is 11.1 Å². The number of hydrogen-bond donors (Lipinski definition) is 2. The lowest BCUT2D eigenvalue weighted by atomic mass is 9.98. The number of aryl methyl sites for hydroxylation is 2. The smallest absolute Gasteiger partial charge is 0.253 e. The third-order valence-electron chi connectivity index (χ3n) is 3.11. The molecular weight excluding hydrogens is 246 g/mol. The molecule has 0 bridgehead atoms. The van der Waals surface area contributed by atoms with Gasteiger partial charge in [-0.3, -0.25) is 9.78 Å². The summed E-state index contributed by atoms with van der Waals surface area (Å²) >= 11 is 5.00. The molecule has 4 nitrogen and oxygen atoms in total. The van der Waals surface area contributed by atoms with E-state index < -0.39 is 5.54 Å². The number of aromatic nitrogens is 1. The highest BCUT2D eigenvalue weighted by molar-refractivity contribution is 7.80. The van der Waals surface area contributed by atoms with Crippen molar-refractivity contribution in [2.24, 2.45) is 5.73 Å². The molecule has 98 valence electrons. The summed E-state index contributed by atoms with van der Waals surface area (Å²) in [7, 11) is 0. The second-order valence-electron chi connectivity index (χ2n) is 4.59. The van der Waals surface area contributed by atoms with Crippen molar-refractivity contribution < 1.29 is 4.79 Å². The number of thiocarbonyl (C=S) groups is 1. The average molecular weight is 265 g/mol. The number of nitrogens with zero attached hydrogens (tertiary/aromatic N) is 1. The largest absolute Gasteiger partial charge is 0.391 e. The monoisotopic (exact) mass is 265 g/mol. The Morgan fingerprint density at radius 1 is 1.50 bits per heavy atom. The molecule has 1 aromatic heterocycles. The first-order valence-corrected chi connectivity index (χ1v) is 6.27. The Hall–Kier alpha value is -1.49. The molecule has 3 N–H and O–H groups in total. The van der Waals surface area contributed by atoms with Crippen LogP contribution in [0.4, 0.5) is 0 Å². The van der Waals surface area contributed by atoms with E-state index in [0.29, 0.717) is 17.7 Å². The van der Waals surface area contributed by atoms with Gasteiger partial charge in [0.15, 0.2) is 0 Å². The number of nitrogens with one attached hydrogen (secondary N) is 1. The van der Waals surface area contributed by atoms with Crippen molar-refractivity contribution in [3.8, 4) is 0 Å². The van der Waals surface area contributed by atoms with Crippen LogP contribution in [0.2, 0.25) is 0 Å². The summed E-state index contributed by atoms with van der Waals surface area (Å²) in [4.78, 5) is 16.7. The molecular formula is C13H19N3OS. The zero-order valence-corrected chi connectivity index (χ0v) is 12.0. The number of nitrogens with two attached hydrogens (primary N) is 1. The minimum atomic E-state index is -0.663. The maximum absolute atomic E-state index is 12.2. The van der Waals surface area contributed by atoms with Gasteiger partial charge in [0.2, 0.25) is 0 Å². The summed E-state index contributed by atoms with van der Waals surface area (Å²) < 4.78 is 0. The lowest BCUT2D eigenvalue weighted by Crippen LogP contribution is -2.54. The van der Waals surface area contributed by atoms with E-state index in [9.17, 15) is 4.79 Å². The average Bonchev–Trinajstić information content (AvgIpc) is 2.28. The lowest BCUT2D eigenvalue weighted by molar-refractivity contribution is 0.0925. The highest BCUT2D eigenvalue weighted by Crippen LogP contribution is 2.13. The first-order chi connectivity index (χ1) is 8.30. The fourth-order valence-corrected chi connectivity index (χ4v) is 1.76. The Morgan fingerprint density at radius 2 is 2.11 bits per heavy atom. The molecule has 0 aromatic carbocycles. The molecule has 0 saturated carbocycles. The first-order valence-electron chi connectivity index (χ1n) is 5.87. The molecule has 1 aromatic rings. The molecule has 5 heteroatoms. The van der Waals surface area contributed by atoms with Crippen LogP contribution in [0, 0.1) is 13.8 Å². The molecule has 0 radical (unpaired) electrons. The first kappa shape index (κ1) is 14.6. The number of rotatable bonds is 4. The predicted molar refractivity (Wildman–Crippen MR) is 76.7 cm³/mol. The van der Waals surface area contributed by atoms with E-state index in [-0.39, 0.29) is 10.9 Å². The molecule has 1 rings (SSSR count). The summed E-state index contributed by atoms with van der Waals surface area (Å²) in [5.41, 5.74) is 7.15. The summed E-state index contributed by atoms with van der Waals surface area (Å²) in [6.45, 7) is 7.45. The van der Waals surface area contributed by atoms with Gasteiger partial charge in [0, 0.05) is 5.69 Å². The van der Waals surface area contributed by atoms with Gasteiger partial charge >= 0.3 is 0 Å². The highest BCUT2D eigenvalue weighted by atomic mass is 32.1. The normalized spacial score (nSPS) is 13.8.